The summed E-state index contributed by atoms with van der Waals surface area (Å²) in [4.78, 5) is 0. The molecule has 76 valence electrons. The van der Waals surface area contributed by atoms with Gasteiger partial charge in [-0.1, -0.05) is 32.4 Å². The highest BCUT2D eigenvalue weighted by molar-refractivity contribution is 5.19. The maximum atomic E-state index is 9.43. The summed E-state index contributed by atoms with van der Waals surface area (Å²) in [6.45, 7) is 6.07. The fourth-order valence-electron chi connectivity index (χ4n) is 1.50. The van der Waals surface area contributed by atoms with Gasteiger partial charge in [0, 0.05) is 0 Å². The molecule has 0 aromatic carbocycles. The van der Waals surface area contributed by atoms with Crippen LogP contribution in [-0.2, 0) is 0 Å². The monoisotopic (exact) mass is 186 g/mol. The van der Waals surface area contributed by atoms with Crippen molar-refractivity contribution < 1.29 is 15.3 Å². The Morgan fingerprint density at radius 3 is 2.15 bits per heavy atom. The summed E-state index contributed by atoms with van der Waals surface area (Å²) in [6.07, 6.45) is -0.711. The molecule has 0 aliphatic heterocycles. The largest absolute Gasteiger partial charge is 0.390 e. The SMILES string of the molecule is CC(C)(C)C1=CC(O)C(O)C(O)C1. The predicted molar refractivity (Wildman–Crippen MR) is 50.2 cm³/mol. The van der Waals surface area contributed by atoms with Gasteiger partial charge in [-0.15, -0.1) is 0 Å². The Kier molecular flexibility index (Phi) is 2.80. The highest BCUT2D eigenvalue weighted by Gasteiger charge is 2.32. The van der Waals surface area contributed by atoms with Crippen LogP contribution in [0, 0.1) is 5.41 Å². The lowest BCUT2D eigenvalue weighted by Crippen LogP contribution is -2.41. The minimum absolute atomic E-state index is 0.0535. The van der Waals surface area contributed by atoms with Gasteiger partial charge in [-0.25, -0.2) is 0 Å². The highest BCUT2D eigenvalue weighted by Crippen LogP contribution is 2.33. The smallest absolute Gasteiger partial charge is 0.110 e. The topological polar surface area (TPSA) is 60.7 Å². The van der Waals surface area contributed by atoms with Crippen LogP contribution in [0.5, 0.6) is 0 Å². The van der Waals surface area contributed by atoms with E-state index in [-0.39, 0.29) is 5.41 Å². The van der Waals surface area contributed by atoms with Gasteiger partial charge in [-0.05, 0) is 11.8 Å². The van der Waals surface area contributed by atoms with Crippen LogP contribution in [0.4, 0.5) is 0 Å². The van der Waals surface area contributed by atoms with Crippen molar-refractivity contribution in [2.45, 2.75) is 45.5 Å². The second kappa shape index (κ2) is 3.40. The van der Waals surface area contributed by atoms with E-state index in [2.05, 4.69) is 0 Å². The van der Waals surface area contributed by atoms with E-state index in [1.807, 2.05) is 20.8 Å². The summed E-state index contributed by atoms with van der Waals surface area (Å²) in [7, 11) is 0. The van der Waals surface area contributed by atoms with Gasteiger partial charge in [0.05, 0.1) is 6.10 Å². The molecule has 0 saturated carbocycles. The molecule has 0 heterocycles. The minimum Gasteiger partial charge on any atom is -0.390 e. The van der Waals surface area contributed by atoms with Crippen LogP contribution in [0.15, 0.2) is 11.6 Å². The minimum atomic E-state index is -1.04. The van der Waals surface area contributed by atoms with E-state index in [1.54, 1.807) is 6.08 Å². The Morgan fingerprint density at radius 2 is 1.77 bits per heavy atom. The van der Waals surface area contributed by atoms with Crippen molar-refractivity contribution in [2.24, 2.45) is 5.41 Å². The van der Waals surface area contributed by atoms with E-state index < -0.39 is 18.3 Å². The Labute approximate surface area is 78.7 Å². The molecule has 3 nitrogen and oxygen atoms in total. The molecule has 3 atom stereocenters. The molecule has 13 heavy (non-hydrogen) atoms. The quantitative estimate of drug-likeness (QED) is 0.481. The van der Waals surface area contributed by atoms with E-state index in [0.717, 1.165) is 5.57 Å². The molecule has 3 heteroatoms. The van der Waals surface area contributed by atoms with E-state index in [0.29, 0.717) is 6.42 Å². The standard InChI is InChI=1S/C10H18O3/c1-10(2,3)6-4-7(11)9(13)8(12)5-6/h4,7-9,11-13H,5H2,1-3H3. The van der Waals surface area contributed by atoms with Crippen LogP contribution in [0.2, 0.25) is 0 Å². The third kappa shape index (κ3) is 2.30. The molecule has 1 rings (SSSR count). The van der Waals surface area contributed by atoms with Crippen molar-refractivity contribution in [1.29, 1.82) is 0 Å². The summed E-state index contributed by atoms with van der Waals surface area (Å²) in [5.41, 5.74) is 0.944. The maximum absolute atomic E-state index is 9.43. The van der Waals surface area contributed by atoms with Crippen LogP contribution >= 0.6 is 0 Å². The zero-order valence-corrected chi connectivity index (χ0v) is 8.36. The van der Waals surface area contributed by atoms with Gasteiger partial charge in [0.1, 0.15) is 12.2 Å². The van der Waals surface area contributed by atoms with Crippen molar-refractivity contribution in [2.75, 3.05) is 0 Å². The van der Waals surface area contributed by atoms with Crippen LogP contribution in [0.1, 0.15) is 27.2 Å². The first-order valence-electron chi connectivity index (χ1n) is 4.58. The summed E-state index contributed by atoms with van der Waals surface area (Å²) in [6, 6.07) is 0. The summed E-state index contributed by atoms with van der Waals surface area (Å²) in [5, 5.41) is 28.1. The first-order chi connectivity index (χ1) is 5.82. The van der Waals surface area contributed by atoms with E-state index in [1.165, 1.54) is 0 Å². The molecule has 0 spiro atoms. The second-order valence-corrected chi connectivity index (χ2v) is 4.69. The van der Waals surface area contributed by atoms with Crippen molar-refractivity contribution in [3.8, 4) is 0 Å². The van der Waals surface area contributed by atoms with Crippen molar-refractivity contribution in [1.82, 2.24) is 0 Å². The van der Waals surface area contributed by atoms with Gasteiger partial charge in [0.15, 0.2) is 0 Å². The van der Waals surface area contributed by atoms with Gasteiger partial charge >= 0.3 is 0 Å². The fourth-order valence-corrected chi connectivity index (χ4v) is 1.50. The molecule has 0 amide bonds. The Hall–Kier alpha value is -0.380. The number of hydrogen-bond acceptors (Lipinski definition) is 3. The third-order valence-electron chi connectivity index (χ3n) is 2.51. The highest BCUT2D eigenvalue weighted by atomic mass is 16.4. The van der Waals surface area contributed by atoms with Crippen LogP contribution < -0.4 is 0 Å². The van der Waals surface area contributed by atoms with Gasteiger partial charge in [0.25, 0.3) is 0 Å². The molecule has 0 aromatic rings. The molecular formula is C10H18O3. The number of rotatable bonds is 0. The lowest BCUT2D eigenvalue weighted by molar-refractivity contribution is -0.0500. The third-order valence-corrected chi connectivity index (χ3v) is 2.51. The number of aliphatic hydroxyl groups excluding tert-OH is 3. The van der Waals surface area contributed by atoms with E-state index >= 15 is 0 Å². The van der Waals surface area contributed by atoms with Crippen molar-refractivity contribution in [3.05, 3.63) is 11.6 Å². The Bertz CT molecular complexity index is 215. The fraction of sp³-hybridized carbons (Fsp3) is 0.800. The average molecular weight is 186 g/mol. The Balaban J connectivity index is 2.85. The molecule has 3 unspecified atom stereocenters. The molecule has 1 aliphatic carbocycles. The van der Waals surface area contributed by atoms with E-state index in [4.69, 9.17) is 0 Å². The first kappa shape index (κ1) is 10.7. The molecule has 3 N–H and O–H groups in total. The normalized spacial score (nSPS) is 35.8. The van der Waals surface area contributed by atoms with Crippen LogP contribution in [0.25, 0.3) is 0 Å². The molecular weight excluding hydrogens is 168 g/mol. The molecule has 0 radical (unpaired) electrons. The average Bonchev–Trinajstić information content (AvgIpc) is 1.97. The van der Waals surface area contributed by atoms with Gasteiger partial charge in [-0.2, -0.15) is 0 Å². The van der Waals surface area contributed by atoms with Crippen LogP contribution in [-0.4, -0.2) is 33.6 Å². The van der Waals surface area contributed by atoms with Gasteiger partial charge in [0.2, 0.25) is 0 Å². The molecule has 0 aromatic heterocycles. The molecule has 0 fully saturated rings. The molecule has 0 bridgehead atoms. The maximum Gasteiger partial charge on any atom is 0.110 e. The number of hydrogen-bond donors (Lipinski definition) is 3. The second-order valence-electron chi connectivity index (χ2n) is 4.69. The van der Waals surface area contributed by atoms with Crippen molar-refractivity contribution >= 4 is 0 Å². The lowest BCUT2D eigenvalue weighted by Gasteiger charge is -2.33. The zero-order chi connectivity index (χ0) is 10.2. The van der Waals surface area contributed by atoms with Gasteiger partial charge in [-0.3, -0.25) is 0 Å². The summed E-state index contributed by atoms with van der Waals surface area (Å²) in [5.74, 6) is 0. The van der Waals surface area contributed by atoms with E-state index in [9.17, 15) is 15.3 Å². The first-order valence-corrected chi connectivity index (χ1v) is 4.58. The zero-order valence-electron chi connectivity index (χ0n) is 8.36. The van der Waals surface area contributed by atoms with Gasteiger partial charge < -0.3 is 15.3 Å². The molecule has 1 aliphatic rings. The van der Waals surface area contributed by atoms with Crippen molar-refractivity contribution in [3.63, 3.8) is 0 Å². The lowest BCUT2D eigenvalue weighted by atomic mass is 9.78. The summed E-state index contributed by atoms with van der Waals surface area (Å²) >= 11 is 0. The van der Waals surface area contributed by atoms with Crippen LogP contribution in [0.3, 0.4) is 0 Å². The summed E-state index contributed by atoms with van der Waals surface area (Å²) < 4.78 is 0. The molecule has 0 saturated heterocycles. The number of aliphatic hydroxyl groups is 3. The Morgan fingerprint density at radius 1 is 1.23 bits per heavy atom. The predicted octanol–water partition coefficient (Wildman–Crippen LogP) is 0.445.